The third-order valence-corrected chi connectivity index (χ3v) is 5.79. The standard InChI is InChI=1S/C21H15Cl2F3N2OS/c1-2-29-12-28-18(13-3-5-14(22)6-4-13)17(11-27)19(20(28)21(24,25)26)30-16-9-7-15(23)8-10-16/h3-10H,2,12H2,1H3. The molecule has 0 radical (unpaired) electrons. The third kappa shape index (κ3) is 4.79. The molecule has 3 aromatic rings. The Hall–Kier alpha value is -2.11. The van der Waals surface area contributed by atoms with Crippen LogP contribution in [0, 0.1) is 11.3 Å². The quantitative estimate of drug-likeness (QED) is 0.374. The highest BCUT2D eigenvalue weighted by molar-refractivity contribution is 7.99. The number of rotatable bonds is 6. The lowest BCUT2D eigenvalue weighted by molar-refractivity contribution is -0.148. The summed E-state index contributed by atoms with van der Waals surface area (Å²) in [7, 11) is 0. The largest absolute Gasteiger partial charge is 0.432 e. The Balaban J connectivity index is 2.29. The second-order valence-electron chi connectivity index (χ2n) is 6.12. The first-order chi connectivity index (χ1) is 14.3. The maximum absolute atomic E-state index is 14.2. The molecule has 0 unspecified atom stereocenters. The van der Waals surface area contributed by atoms with E-state index in [4.69, 9.17) is 27.9 Å². The first-order valence-corrected chi connectivity index (χ1v) is 10.3. The van der Waals surface area contributed by atoms with E-state index in [0.717, 1.165) is 16.3 Å². The molecule has 0 amide bonds. The van der Waals surface area contributed by atoms with Crippen molar-refractivity contribution >= 4 is 35.0 Å². The van der Waals surface area contributed by atoms with E-state index in [9.17, 15) is 18.4 Å². The van der Waals surface area contributed by atoms with Gasteiger partial charge in [-0.15, -0.1) is 0 Å². The highest BCUT2D eigenvalue weighted by Gasteiger charge is 2.41. The van der Waals surface area contributed by atoms with Crippen LogP contribution in [0.15, 0.2) is 58.3 Å². The Bertz CT molecular complexity index is 1070. The summed E-state index contributed by atoms with van der Waals surface area (Å²) in [6, 6.07) is 14.6. The zero-order valence-corrected chi connectivity index (χ0v) is 18.0. The van der Waals surface area contributed by atoms with Gasteiger partial charge in [-0.05, 0) is 48.9 Å². The molecule has 0 saturated heterocycles. The average molecular weight is 471 g/mol. The minimum atomic E-state index is -4.71. The summed E-state index contributed by atoms with van der Waals surface area (Å²) >= 11 is 12.7. The van der Waals surface area contributed by atoms with Gasteiger partial charge in [-0.2, -0.15) is 18.4 Å². The molecule has 3 rings (SSSR count). The second-order valence-corrected chi connectivity index (χ2v) is 8.08. The maximum atomic E-state index is 14.2. The van der Waals surface area contributed by atoms with Crippen molar-refractivity contribution in [2.24, 2.45) is 0 Å². The molecule has 1 aromatic heterocycles. The van der Waals surface area contributed by atoms with Gasteiger partial charge in [-0.1, -0.05) is 47.1 Å². The molecule has 3 nitrogen and oxygen atoms in total. The number of aromatic nitrogens is 1. The molecule has 9 heteroatoms. The van der Waals surface area contributed by atoms with E-state index >= 15 is 0 Å². The van der Waals surface area contributed by atoms with E-state index in [1.165, 1.54) is 0 Å². The van der Waals surface area contributed by atoms with Crippen LogP contribution in [0.2, 0.25) is 10.0 Å². The van der Waals surface area contributed by atoms with Gasteiger partial charge in [0.2, 0.25) is 0 Å². The molecule has 156 valence electrons. The summed E-state index contributed by atoms with van der Waals surface area (Å²) in [6.07, 6.45) is -4.71. The van der Waals surface area contributed by atoms with Crippen LogP contribution in [-0.4, -0.2) is 11.2 Å². The smallest absolute Gasteiger partial charge is 0.361 e. The highest BCUT2D eigenvalue weighted by Crippen LogP contribution is 2.47. The molecule has 0 atom stereocenters. The van der Waals surface area contributed by atoms with Crippen LogP contribution >= 0.6 is 35.0 Å². The van der Waals surface area contributed by atoms with Crippen LogP contribution in [0.25, 0.3) is 11.3 Å². The van der Waals surface area contributed by atoms with Gasteiger partial charge in [0, 0.05) is 21.5 Å². The molecular formula is C21H15Cl2F3N2OS. The fourth-order valence-electron chi connectivity index (χ4n) is 2.92. The minimum absolute atomic E-state index is 0.0794. The topological polar surface area (TPSA) is 38.0 Å². The molecule has 0 aliphatic heterocycles. The predicted octanol–water partition coefficient (Wildman–Crippen LogP) is 7.50. The number of hydrogen-bond donors (Lipinski definition) is 0. The van der Waals surface area contributed by atoms with Crippen molar-refractivity contribution in [3.63, 3.8) is 0 Å². The molecule has 0 saturated carbocycles. The normalized spacial score (nSPS) is 11.5. The Labute approximate surface area is 186 Å². The zero-order chi connectivity index (χ0) is 21.9. The van der Waals surface area contributed by atoms with Crippen molar-refractivity contribution in [1.29, 1.82) is 5.26 Å². The van der Waals surface area contributed by atoms with Gasteiger partial charge < -0.3 is 9.30 Å². The van der Waals surface area contributed by atoms with Gasteiger partial charge in [0.25, 0.3) is 0 Å². The lowest BCUT2D eigenvalue weighted by Crippen LogP contribution is -2.17. The molecule has 0 N–H and O–H groups in total. The van der Waals surface area contributed by atoms with Gasteiger partial charge in [-0.3, -0.25) is 0 Å². The molecule has 0 bridgehead atoms. The van der Waals surface area contributed by atoms with Crippen molar-refractivity contribution in [3.8, 4) is 17.3 Å². The first-order valence-electron chi connectivity index (χ1n) is 8.77. The first kappa shape index (κ1) is 22.6. The fraction of sp³-hybridized carbons (Fsp3) is 0.190. The summed E-state index contributed by atoms with van der Waals surface area (Å²) in [6.45, 7) is 1.56. The van der Waals surface area contributed by atoms with Crippen molar-refractivity contribution in [2.45, 2.75) is 29.6 Å². The minimum Gasteiger partial charge on any atom is -0.361 e. The van der Waals surface area contributed by atoms with E-state index in [0.29, 0.717) is 20.5 Å². The lowest BCUT2D eigenvalue weighted by Gasteiger charge is -2.16. The number of nitrogens with zero attached hydrogens (tertiary/aromatic N) is 2. The van der Waals surface area contributed by atoms with E-state index in [-0.39, 0.29) is 29.5 Å². The van der Waals surface area contributed by atoms with Crippen molar-refractivity contribution < 1.29 is 17.9 Å². The summed E-state index contributed by atoms with van der Waals surface area (Å²) in [4.78, 5) is 0.342. The summed E-state index contributed by atoms with van der Waals surface area (Å²) in [5, 5.41) is 10.7. The Morgan fingerprint density at radius 3 is 2.10 bits per heavy atom. The Kier molecular flexibility index (Phi) is 7.04. The lowest BCUT2D eigenvalue weighted by atomic mass is 10.1. The molecule has 0 fully saturated rings. The zero-order valence-electron chi connectivity index (χ0n) is 15.6. The number of ether oxygens (including phenoxy) is 1. The monoisotopic (exact) mass is 470 g/mol. The third-order valence-electron chi connectivity index (χ3n) is 4.17. The van der Waals surface area contributed by atoms with E-state index in [2.05, 4.69) is 0 Å². The molecule has 0 spiro atoms. The number of benzene rings is 2. The second kappa shape index (κ2) is 9.36. The van der Waals surface area contributed by atoms with Crippen LogP contribution < -0.4 is 0 Å². The van der Waals surface area contributed by atoms with Crippen LogP contribution in [0.5, 0.6) is 0 Å². The Morgan fingerprint density at radius 2 is 1.60 bits per heavy atom. The van der Waals surface area contributed by atoms with Gasteiger partial charge in [0.05, 0.1) is 16.2 Å². The summed E-state index contributed by atoms with van der Waals surface area (Å²) in [5.74, 6) is 0. The van der Waals surface area contributed by atoms with Gasteiger partial charge in [0.1, 0.15) is 18.5 Å². The predicted molar refractivity (Wildman–Crippen MR) is 112 cm³/mol. The van der Waals surface area contributed by atoms with Crippen LogP contribution in [0.3, 0.4) is 0 Å². The summed E-state index contributed by atoms with van der Waals surface area (Å²) in [5.41, 5.74) is -0.447. The Morgan fingerprint density at radius 1 is 1.03 bits per heavy atom. The summed E-state index contributed by atoms with van der Waals surface area (Å²) < 4.78 is 48.8. The van der Waals surface area contributed by atoms with Crippen molar-refractivity contribution in [2.75, 3.05) is 6.61 Å². The molecule has 1 heterocycles. The number of halogens is 5. The molecule has 30 heavy (non-hydrogen) atoms. The van der Waals surface area contributed by atoms with Gasteiger partial charge in [-0.25, -0.2) is 0 Å². The van der Waals surface area contributed by atoms with Gasteiger partial charge >= 0.3 is 6.18 Å². The number of nitriles is 1. The molecule has 0 aliphatic carbocycles. The van der Waals surface area contributed by atoms with Gasteiger partial charge in [0.15, 0.2) is 0 Å². The molecule has 0 aliphatic rings. The number of hydrogen-bond acceptors (Lipinski definition) is 3. The van der Waals surface area contributed by atoms with Crippen LogP contribution in [-0.2, 0) is 17.6 Å². The average Bonchev–Trinajstić information content (AvgIpc) is 3.02. The molecule has 2 aromatic carbocycles. The SMILES string of the molecule is CCOCn1c(-c2ccc(Cl)cc2)c(C#N)c(Sc2ccc(Cl)cc2)c1C(F)(F)F. The maximum Gasteiger partial charge on any atom is 0.432 e. The van der Waals surface area contributed by atoms with Crippen molar-refractivity contribution in [1.82, 2.24) is 4.57 Å². The van der Waals surface area contributed by atoms with Crippen LogP contribution in [0.1, 0.15) is 18.2 Å². The van der Waals surface area contributed by atoms with Crippen LogP contribution in [0.4, 0.5) is 13.2 Å². The van der Waals surface area contributed by atoms with E-state index in [1.54, 1.807) is 55.5 Å². The van der Waals surface area contributed by atoms with E-state index in [1.807, 2.05) is 6.07 Å². The highest BCUT2D eigenvalue weighted by atomic mass is 35.5. The fourth-order valence-corrected chi connectivity index (χ4v) is 4.25. The van der Waals surface area contributed by atoms with E-state index < -0.39 is 11.9 Å². The number of alkyl halides is 3. The molecular weight excluding hydrogens is 456 g/mol. The van der Waals surface area contributed by atoms with Crippen molar-refractivity contribution in [3.05, 3.63) is 69.8 Å².